The van der Waals surface area contributed by atoms with Gasteiger partial charge in [0.1, 0.15) is 11.2 Å². The number of hydrogen-bond donors (Lipinski definition) is 0. The van der Waals surface area contributed by atoms with Gasteiger partial charge in [-0.15, -0.1) is 11.3 Å². The van der Waals surface area contributed by atoms with Crippen LogP contribution in [0.4, 0.5) is 17.1 Å². The minimum Gasteiger partial charge on any atom is -0.456 e. The molecule has 238 valence electrons. The van der Waals surface area contributed by atoms with Crippen LogP contribution in [0.25, 0.3) is 85.6 Å². The summed E-state index contributed by atoms with van der Waals surface area (Å²) in [5.41, 5.74) is 7.57. The number of thiophene rings is 1. The van der Waals surface area contributed by atoms with Crippen LogP contribution in [-0.2, 0) is 0 Å². The van der Waals surface area contributed by atoms with E-state index in [0.717, 1.165) is 39.0 Å². The number of furan rings is 1. The number of hydrogen-bond acceptors (Lipinski definition) is 3. The zero-order chi connectivity index (χ0) is 33.5. The minimum atomic E-state index is 0.887. The van der Waals surface area contributed by atoms with Crippen LogP contribution >= 0.6 is 11.3 Å². The van der Waals surface area contributed by atoms with E-state index in [2.05, 4.69) is 175 Å². The maximum Gasteiger partial charge on any atom is 0.135 e. The molecule has 3 heteroatoms. The molecule has 0 unspecified atom stereocenters. The van der Waals surface area contributed by atoms with Crippen molar-refractivity contribution in [1.82, 2.24) is 0 Å². The van der Waals surface area contributed by atoms with Crippen LogP contribution in [0, 0.1) is 0 Å². The number of benzene rings is 9. The SMILES string of the molecule is c1ccc2c(-c3c(N(c4ccc5c(c4)sc4ccccc45)c4ccc5oc6ccccc6c5c4)c4ccccc4c4ccccc34)cccc2c1. The Morgan fingerprint density at radius 1 is 0.373 bits per heavy atom. The number of para-hydroxylation sites is 1. The summed E-state index contributed by atoms with van der Waals surface area (Å²) in [5.74, 6) is 0. The Kier molecular flexibility index (Phi) is 6.16. The van der Waals surface area contributed by atoms with Gasteiger partial charge in [-0.25, -0.2) is 0 Å². The second kappa shape index (κ2) is 11.0. The fourth-order valence-electron chi connectivity index (χ4n) is 8.19. The normalized spacial score (nSPS) is 11.9. The van der Waals surface area contributed by atoms with E-state index in [9.17, 15) is 0 Å². The Labute approximate surface area is 298 Å². The summed E-state index contributed by atoms with van der Waals surface area (Å²) in [6.07, 6.45) is 0. The topological polar surface area (TPSA) is 16.4 Å². The Hall–Kier alpha value is -6.42. The van der Waals surface area contributed by atoms with Crippen LogP contribution in [-0.4, -0.2) is 0 Å². The summed E-state index contributed by atoms with van der Waals surface area (Å²) >= 11 is 1.86. The van der Waals surface area contributed by atoms with E-state index in [0.29, 0.717) is 0 Å². The molecule has 11 rings (SSSR count). The van der Waals surface area contributed by atoms with Gasteiger partial charge in [-0.05, 0) is 75.0 Å². The van der Waals surface area contributed by atoms with Gasteiger partial charge in [0.15, 0.2) is 0 Å². The third kappa shape index (κ3) is 4.29. The number of nitrogens with zero attached hydrogens (tertiary/aromatic N) is 1. The van der Waals surface area contributed by atoms with E-state index in [1.165, 1.54) is 63.6 Å². The first-order chi connectivity index (χ1) is 25.3. The van der Waals surface area contributed by atoms with Gasteiger partial charge in [-0.1, -0.05) is 133 Å². The fraction of sp³-hybridized carbons (Fsp3) is 0. The van der Waals surface area contributed by atoms with E-state index in [-0.39, 0.29) is 0 Å². The molecule has 9 aromatic carbocycles. The second-order valence-corrected chi connectivity index (χ2v) is 14.3. The van der Waals surface area contributed by atoms with Crippen molar-refractivity contribution in [3.8, 4) is 11.1 Å². The molecule has 0 bridgehead atoms. The molecule has 0 radical (unpaired) electrons. The van der Waals surface area contributed by atoms with Gasteiger partial charge in [0.05, 0.1) is 5.69 Å². The maximum atomic E-state index is 6.34. The lowest BCUT2D eigenvalue weighted by atomic mass is 9.88. The molecule has 11 aromatic rings. The van der Waals surface area contributed by atoms with E-state index in [1.807, 2.05) is 17.4 Å². The van der Waals surface area contributed by atoms with Crippen LogP contribution in [0.5, 0.6) is 0 Å². The van der Waals surface area contributed by atoms with E-state index >= 15 is 0 Å². The highest BCUT2D eigenvalue weighted by molar-refractivity contribution is 7.25. The molecule has 0 amide bonds. The Balaban J connectivity index is 1.32. The summed E-state index contributed by atoms with van der Waals surface area (Å²) < 4.78 is 8.91. The van der Waals surface area contributed by atoms with E-state index in [1.54, 1.807) is 0 Å². The van der Waals surface area contributed by atoms with Gasteiger partial charge >= 0.3 is 0 Å². The lowest BCUT2D eigenvalue weighted by molar-refractivity contribution is 0.669. The van der Waals surface area contributed by atoms with Crippen molar-refractivity contribution in [3.63, 3.8) is 0 Å². The molecule has 0 saturated carbocycles. The predicted molar refractivity (Wildman–Crippen MR) is 219 cm³/mol. The highest BCUT2D eigenvalue weighted by Gasteiger charge is 2.25. The molecule has 0 spiro atoms. The van der Waals surface area contributed by atoms with Crippen LogP contribution in [0.2, 0.25) is 0 Å². The molecule has 0 atom stereocenters. The summed E-state index contributed by atoms with van der Waals surface area (Å²) in [7, 11) is 0. The molecule has 51 heavy (non-hydrogen) atoms. The minimum absolute atomic E-state index is 0.887. The van der Waals surface area contributed by atoms with Crippen LogP contribution in [0.3, 0.4) is 0 Å². The quantitative estimate of drug-likeness (QED) is 0.174. The van der Waals surface area contributed by atoms with Gasteiger partial charge < -0.3 is 9.32 Å². The lowest BCUT2D eigenvalue weighted by Crippen LogP contribution is -2.12. The van der Waals surface area contributed by atoms with Crippen LogP contribution < -0.4 is 4.90 Å². The van der Waals surface area contributed by atoms with Crippen molar-refractivity contribution in [1.29, 1.82) is 0 Å². The van der Waals surface area contributed by atoms with E-state index in [4.69, 9.17) is 4.42 Å². The predicted octanol–water partition coefficient (Wildman–Crippen LogP) is 14.6. The van der Waals surface area contributed by atoms with Crippen molar-refractivity contribution in [2.75, 3.05) is 4.90 Å². The summed E-state index contributed by atoms with van der Waals surface area (Å²) in [5, 5.41) is 12.2. The van der Waals surface area contributed by atoms with E-state index < -0.39 is 0 Å². The molecular formula is C48H29NOS. The van der Waals surface area contributed by atoms with Crippen molar-refractivity contribution in [3.05, 3.63) is 176 Å². The molecule has 0 fully saturated rings. The van der Waals surface area contributed by atoms with Gasteiger partial charge in [0, 0.05) is 53.3 Å². The molecule has 2 heterocycles. The molecule has 0 saturated heterocycles. The van der Waals surface area contributed by atoms with Crippen molar-refractivity contribution in [2.45, 2.75) is 0 Å². The first-order valence-electron chi connectivity index (χ1n) is 17.3. The van der Waals surface area contributed by atoms with Gasteiger partial charge in [-0.2, -0.15) is 0 Å². The van der Waals surface area contributed by atoms with Crippen molar-refractivity contribution >= 4 is 103 Å². The Morgan fingerprint density at radius 2 is 0.961 bits per heavy atom. The first-order valence-corrected chi connectivity index (χ1v) is 18.2. The highest BCUT2D eigenvalue weighted by atomic mass is 32.1. The summed E-state index contributed by atoms with van der Waals surface area (Å²) in [6, 6.07) is 64.0. The Morgan fingerprint density at radius 3 is 1.82 bits per heavy atom. The zero-order valence-corrected chi connectivity index (χ0v) is 28.3. The molecule has 0 aliphatic heterocycles. The summed E-state index contributed by atoms with van der Waals surface area (Å²) in [6.45, 7) is 0. The molecule has 2 nitrogen and oxygen atoms in total. The largest absolute Gasteiger partial charge is 0.456 e. The average Bonchev–Trinajstić information content (AvgIpc) is 3.76. The monoisotopic (exact) mass is 667 g/mol. The fourth-order valence-corrected chi connectivity index (χ4v) is 9.32. The van der Waals surface area contributed by atoms with Crippen molar-refractivity contribution in [2.24, 2.45) is 0 Å². The zero-order valence-electron chi connectivity index (χ0n) is 27.5. The molecule has 0 N–H and O–H groups in total. The number of rotatable bonds is 4. The first kappa shape index (κ1) is 28.4. The van der Waals surface area contributed by atoms with Gasteiger partial charge in [0.25, 0.3) is 0 Å². The molecule has 0 aliphatic carbocycles. The average molecular weight is 668 g/mol. The van der Waals surface area contributed by atoms with Crippen LogP contribution in [0.15, 0.2) is 180 Å². The van der Waals surface area contributed by atoms with Gasteiger partial charge in [0.2, 0.25) is 0 Å². The number of anilines is 3. The third-order valence-electron chi connectivity index (χ3n) is 10.4. The second-order valence-electron chi connectivity index (χ2n) is 13.2. The third-order valence-corrected chi connectivity index (χ3v) is 11.6. The van der Waals surface area contributed by atoms with Crippen molar-refractivity contribution < 1.29 is 4.42 Å². The number of fused-ring (bicyclic) bond motifs is 10. The molecular weight excluding hydrogens is 639 g/mol. The Bertz CT molecular complexity index is 3160. The van der Waals surface area contributed by atoms with Crippen LogP contribution in [0.1, 0.15) is 0 Å². The summed E-state index contributed by atoms with van der Waals surface area (Å²) in [4.78, 5) is 2.50. The maximum absolute atomic E-state index is 6.34. The lowest BCUT2D eigenvalue weighted by Gasteiger charge is -2.31. The van der Waals surface area contributed by atoms with Gasteiger partial charge in [-0.3, -0.25) is 0 Å². The molecule has 0 aliphatic rings. The smallest absolute Gasteiger partial charge is 0.135 e. The molecule has 2 aromatic heterocycles. The standard InChI is InChI=1S/C48H29NOS/c1-2-14-33-30(12-1)13-11-21-39(33)47-40-19-5-3-15-34(40)35-16-4-6-20-41(35)48(47)49(31-25-27-44-42(28-31)36-17-7-9-22-43(36)50-44)32-24-26-38-37-18-8-10-23-45(37)51-46(38)29-32/h1-29H. The highest BCUT2D eigenvalue weighted by Crippen LogP contribution is 2.52.